The van der Waals surface area contributed by atoms with Gasteiger partial charge in [0.1, 0.15) is 5.75 Å². The van der Waals surface area contributed by atoms with Gasteiger partial charge in [-0.15, -0.1) is 0 Å². The van der Waals surface area contributed by atoms with Crippen LogP contribution in [0.1, 0.15) is 55.3 Å². The molecule has 1 heterocycles. The topological polar surface area (TPSA) is 34.1 Å². The zero-order valence-electron chi connectivity index (χ0n) is 13.2. The molecule has 3 nitrogen and oxygen atoms in total. The number of aromatic nitrogens is 1. The first-order chi connectivity index (χ1) is 9.72. The van der Waals surface area contributed by atoms with E-state index < -0.39 is 0 Å². The van der Waals surface area contributed by atoms with Crippen LogP contribution in [0, 0.1) is 19.8 Å². The van der Waals surface area contributed by atoms with Crippen molar-refractivity contribution in [3.8, 4) is 5.75 Å². The molecule has 0 spiro atoms. The molecule has 3 heteroatoms. The van der Waals surface area contributed by atoms with Crippen molar-refractivity contribution in [1.82, 2.24) is 10.3 Å². The van der Waals surface area contributed by atoms with Crippen LogP contribution in [-0.2, 0) is 6.54 Å². The first-order valence-corrected chi connectivity index (χ1v) is 7.92. The van der Waals surface area contributed by atoms with E-state index in [1.807, 2.05) is 13.1 Å². The molecule has 1 aromatic rings. The van der Waals surface area contributed by atoms with E-state index >= 15 is 0 Å². The molecule has 0 unspecified atom stereocenters. The second kappa shape index (κ2) is 7.63. The Labute approximate surface area is 123 Å². The summed E-state index contributed by atoms with van der Waals surface area (Å²) in [5.41, 5.74) is 3.38. The molecule has 1 fully saturated rings. The number of rotatable bonds is 6. The first-order valence-electron chi connectivity index (χ1n) is 7.92. The maximum absolute atomic E-state index is 5.45. The number of hydrogen-bond acceptors (Lipinski definition) is 3. The summed E-state index contributed by atoms with van der Waals surface area (Å²) < 4.78 is 5.45. The van der Waals surface area contributed by atoms with Crippen LogP contribution in [0.3, 0.4) is 0 Å². The number of aryl methyl sites for hydroxylation is 1. The van der Waals surface area contributed by atoms with Crippen LogP contribution in [0.15, 0.2) is 6.20 Å². The Hall–Kier alpha value is -1.09. The van der Waals surface area contributed by atoms with Gasteiger partial charge in [-0.25, -0.2) is 0 Å². The van der Waals surface area contributed by atoms with E-state index in [1.165, 1.54) is 38.5 Å². The van der Waals surface area contributed by atoms with Gasteiger partial charge in [0.15, 0.2) is 0 Å². The van der Waals surface area contributed by atoms with E-state index in [-0.39, 0.29) is 0 Å². The summed E-state index contributed by atoms with van der Waals surface area (Å²) in [6.07, 6.45) is 10.4. The van der Waals surface area contributed by atoms with E-state index in [0.29, 0.717) is 0 Å². The third-order valence-corrected chi connectivity index (χ3v) is 4.50. The molecule has 20 heavy (non-hydrogen) atoms. The molecule has 0 saturated heterocycles. The first kappa shape index (κ1) is 15.3. The standard InChI is InChI=1S/C17H28N2O/c1-13-11-19-16(14(2)17(13)20-3)12-18-10-9-15-7-5-4-6-8-15/h11,15,18H,4-10,12H2,1-3H3. The van der Waals surface area contributed by atoms with E-state index in [4.69, 9.17) is 4.74 Å². The third-order valence-electron chi connectivity index (χ3n) is 4.50. The molecule has 1 aliphatic carbocycles. The van der Waals surface area contributed by atoms with Gasteiger partial charge in [0.25, 0.3) is 0 Å². The van der Waals surface area contributed by atoms with E-state index in [9.17, 15) is 0 Å². The Bertz CT molecular complexity index is 425. The quantitative estimate of drug-likeness (QED) is 0.803. The second-order valence-corrected chi connectivity index (χ2v) is 6.02. The molecule has 0 bridgehead atoms. The Morgan fingerprint density at radius 2 is 2.00 bits per heavy atom. The summed E-state index contributed by atoms with van der Waals surface area (Å²) in [5, 5.41) is 3.54. The molecule has 0 aliphatic heterocycles. The van der Waals surface area contributed by atoms with Gasteiger partial charge >= 0.3 is 0 Å². The number of methoxy groups -OCH3 is 1. The zero-order chi connectivity index (χ0) is 14.4. The molecule has 1 aromatic heterocycles. The molecule has 2 rings (SSSR count). The summed E-state index contributed by atoms with van der Waals surface area (Å²) >= 11 is 0. The van der Waals surface area contributed by atoms with Crippen LogP contribution in [0.5, 0.6) is 5.75 Å². The van der Waals surface area contributed by atoms with Gasteiger partial charge in [0.05, 0.1) is 12.8 Å². The van der Waals surface area contributed by atoms with Crippen LogP contribution < -0.4 is 10.1 Å². The van der Waals surface area contributed by atoms with Crippen molar-refractivity contribution in [2.75, 3.05) is 13.7 Å². The van der Waals surface area contributed by atoms with Crippen LogP contribution in [0.4, 0.5) is 0 Å². The molecule has 1 saturated carbocycles. The minimum Gasteiger partial charge on any atom is -0.496 e. The van der Waals surface area contributed by atoms with Crippen LogP contribution in [0.2, 0.25) is 0 Å². The second-order valence-electron chi connectivity index (χ2n) is 6.02. The summed E-state index contributed by atoms with van der Waals surface area (Å²) in [5.74, 6) is 1.92. The number of nitrogens with one attached hydrogen (secondary N) is 1. The van der Waals surface area contributed by atoms with E-state index in [0.717, 1.165) is 41.6 Å². The van der Waals surface area contributed by atoms with Gasteiger partial charge in [-0.3, -0.25) is 4.98 Å². The average molecular weight is 276 g/mol. The Balaban J connectivity index is 1.79. The molecule has 1 aliphatic rings. The lowest BCUT2D eigenvalue weighted by atomic mass is 9.87. The minimum absolute atomic E-state index is 0.842. The van der Waals surface area contributed by atoms with Crippen molar-refractivity contribution in [1.29, 1.82) is 0 Å². The predicted octanol–water partition coefficient (Wildman–Crippen LogP) is 3.77. The maximum atomic E-state index is 5.45. The SMILES string of the molecule is COc1c(C)cnc(CNCCC2CCCCC2)c1C. The summed E-state index contributed by atoms with van der Waals surface area (Å²) in [6.45, 7) is 6.08. The van der Waals surface area contributed by atoms with Gasteiger partial charge < -0.3 is 10.1 Å². The normalized spacial score (nSPS) is 16.4. The molecule has 0 aromatic carbocycles. The fraction of sp³-hybridized carbons (Fsp3) is 0.706. The molecular formula is C17H28N2O. The summed E-state index contributed by atoms with van der Waals surface area (Å²) in [4.78, 5) is 4.53. The van der Waals surface area contributed by atoms with Gasteiger partial charge in [0.2, 0.25) is 0 Å². The summed E-state index contributed by atoms with van der Waals surface area (Å²) in [7, 11) is 1.73. The smallest absolute Gasteiger partial charge is 0.128 e. The van der Waals surface area contributed by atoms with Crippen molar-refractivity contribution in [2.24, 2.45) is 5.92 Å². The van der Waals surface area contributed by atoms with Gasteiger partial charge in [-0.1, -0.05) is 32.1 Å². The Morgan fingerprint density at radius 3 is 2.70 bits per heavy atom. The van der Waals surface area contributed by atoms with Crippen molar-refractivity contribution in [3.63, 3.8) is 0 Å². The van der Waals surface area contributed by atoms with Gasteiger partial charge in [0, 0.05) is 23.9 Å². The van der Waals surface area contributed by atoms with Crippen molar-refractivity contribution in [3.05, 3.63) is 23.0 Å². The van der Waals surface area contributed by atoms with Gasteiger partial charge in [-0.2, -0.15) is 0 Å². The minimum atomic E-state index is 0.842. The number of hydrogen-bond donors (Lipinski definition) is 1. The monoisotopic (exact) mass is 276 g/mol. The van der Waals surface area contributed by atoms with Crippen LogP contribution >= 0.6 is 0 Å². The van der Waals surface area contributed by atoms with Crippen LogP contribution in [-0.4, -0.2) is 18.6 Å². The zero-order valence-corrected chi connectivity index (χ0v) is 13.2. The molecular weight excluding hydrogens is 248 g/mol. The highest BCUT2D eigenvalue weighted by atomic mass is 16.5. The predicted molar refractivity (Wildman–Crippen MR) is 83.2 cm³/mol. The molecule has 0 radical (unpaired) electrons. The lowest BCUT2D eigenvalue weighted by Gasteiger charge is -2.21. The largest absolute Gasteiger partial charge is 0.496 e. The maximum Gasteiger partial charge on any atom is 0.128 e. The molecule has 0 atom stereocenters. The number of ether oxygens (including phenoxy) is 1. The van der Waals surface area contributed by atoms with E-state index in [1.54, 1.807) is 7.11 Å². The highest BCUT2D eigenvalue weighted by molar-refractivity contribution is 5.40. The molecule has 0 amide bonds. The average Bonchev–Trinajstić information content (AvgIpc) is 2.47. The van der Waals surface area contributed by atoms with Gasteiger partial charge in [-0.05, 0) is 32.7 Å². The lowest BCUT2D eigenvalue weighted by molar-refractivity contribution is 0.333. The Kier molecular flexibility index (Phi) is 5.84. The Morgan fingerprint density at radius 1 is 1.25 bits per heavy atom. The van der Waals surface area contributed by atoms with Crippen molar-refractivity contribution < 1.29 is 4.74 Å². The van der Waals surface area contributed by atoms with Crippen molar-refractivity contribution >= 4 is 0 Å². The van der Waals surface area contributed by atoms with Crippen molar-refractivity contribution in [2.45, 2.75) is 58.9 Å². The lowest BCUT2D eigenvalue weighted by Crippen LogP contribution is -2.20. The third kappa shape index (κ3) is 3.95. The van der Waals surface area contributed by atoms with E-state index in [2.05, 4.69) is 17.2 Å². The highest BCUT2D eigenvalue weighted by Gasteiger charge is 2.13. The fourth-order valence-electron chi connectivity index (χ4n) is 3.24. The number of nitrogens with zero attached hydrogens (tertiary/aromatic N) is 1. The molecule has 112 valence electrons. The number of pyridine rings is 1. The van der Waals surface area contributed by atoms with Crippen LogP contribution in [0.25, 0.3) is 0 Å². The fourth-order valence-corrected chi connectivity index (χ4v) is 3.24. The molecule has 1 N–H and O–H groups in total. The summed E-state index contributed by atoms with van der Waals surface area (Å²) in [6, 6.07) is 0. The highest BCUT2D eigenvalue weighted by Crippen LogP contribution is 2.26.